The second kappa shape index (κ2) is 7.36. The molecule has 3 nitrogen and oxygen atoms in total. The molecule has 3 heterocycles. The molecule has 150 valence electrons. The summed E-state index contributed by atoms with van der Waals surface area (Å²) in [4.78, 5) is 2.18. The number of para-hydroxylation sites is 1. The summed E-state index contributed by atoms with van der Waals surface area (Å²) in [6.07, 6.45) is 4.44. The van der Waals surface area contributed by atoms with Gasteiger partial charge in [0, 0.05) is 49.2 Å². The molecule has 27 heavy (non-hydrogen) atoms. The molecule has 3 fully saturated rings. The van der Waals surface area contributed by atoms with Gasteiger partial charge in [-0.25, -0.2) is 4.39 Å². The Hall–Kier alpha value is -1.13. The van der Waals surface area contributed by atoms with Crippen molar-refractivity contribution in [1.29, 1.82) is 0 Å². The standard InChI is InChI=1S/C23H36FN2O/c1-16-7-8-19-15-26(13-16,14-17(19)2)20-9-11-25(12-10-20)23-21(18(3)27)5-4-6-22(23)24/h4-6,16-20,27H,7-15H2,1-3H3/q+1. The minimum absolute atomic E-state index is 0.197. The van der Waals surface area contributed by atoms with E-state index in [0.29, 0.717) is 5.69 Å². The molecule has 0 radical (unpaired) electrons. The average molecular weight is 376 g/mol. The third kappa shape index (κ3) is 3.51. The molecule has 0 amide bonds. The lowest BCUT2D eigenvalue weighted by Crippen LogP contribution is -2.59. The summed E-state index contributed by atoms with van der Waals surface area (Å²) >= 11 is 0. The Balaban J connectivity index is 1.51. The van der Waals surface area contributed by atoms with Gasteiger partial charge in [0.25, 0.3) is 0 Å². The molecule has 3 aliphatic rings. The smallest absolute Gasteiger partial charge is 0.146 e. The number of benzene rings is 1. The maximum atomic E-state index is 14.6. The average Bonchev–Trinajstić information content (AvgIpc) is 2.85. The first-order valence-electron chi connectivity index (χ1n) is 11.0. The Morgan fingerprint density at radius 1 is 1.07 bits per heavy atom. The van der Waals surface area contributed by atoms with Crippen molar-refractivity contribution in [2.24, 2.45) is 17.8 Å². The highest BCUT2D eigenvalue weighted by atomic mass is 19.1. The van der Waals surface area contributed by atoms with Gasteiger partial charge in [-0.3, -0.25) is 0 Å². The van der Waals surface area contributed by atoms with Gasteiger partial charge in [0.15, 0.2) is 0 Å². The first kappa shape index (κ1) is 19.2. The van der Waals surface area contributed by atoms with E-state index in [1.807, 2.05) is 6.07 Å². The molecule has 4 heteroatoms. The lowest BCUT2D eigenvalue weighted by Gasteiger charge is -2.47. The van der Waals surface area contributed by atoms with E-state index in [1.54, 1.807) is 13.0 Å². The van der Waals surface area contributed by atoms with Crippen molar-refractivity contribution in [3.8, 4) is 0 Å². The van der Waals surface area contributed by atoms with E-state index in [0.717, 1.165) is 55.3 Å². The molecule has 5 atom stereocenters. The number of rotatable bonds is 3. The quantitative estimate of drug-likeness (QED) is 0.794. The lowest BCUT2D eigenvalue weighted by molar-refractivity contribution is -0.945. The second-order valence-electron chi connectivity index (χ2n) is 9.76. The van der Waals surface area contributed by atoms with Gasteiger partial charge in [-0.2, -0.15) is 0 Å². The molecule has 3 saturated heterocycles. The van der Waals surface area contributed by atoms with Crippen LogP contribution in [0.2, 0.25) is 0 Å². The maximum Gasteiger partial charge on any atom is 0.146 e. The van der Waals surface area contributed by atoms with Crippen LogP contribution in [0.5, 0.6) is 0 Å². The molecule has 0 aliphatic carbocycles. The van der Waals surface area contributed by atoms with E-state index in [2.05, 4.69) is 18.7 Å². The predicted octanol–water partition coefficient (Wildman–Crippen LogP) is 4.36. The molecule has 4 rings (SSSR count). The van der Waals surface area contributed by atoms with E-state index in [1.165, 1.54) is 43.0 Å². The zero-order valence-electron chi connectivity index (χ0n) is 17.2. The highest BCUT2D eigenvalue weighted by Gasteiger charge is 2.50. The molecule has 0 saturated carbocycles. The summed E-state index contributed by atoms with van der Waals surface area (Å²) < 4.78 is 15.9. The monoisotopic (exact) mass is 375 g/mol. The Labute approximate surface area is 163 Å². The molecular formula is C23H36FN2O+. The fourth-order valence-electron chi connectivity index (χ4n) is 6.47. The predicted molar refractivity (Wildman–Crippen MR) is 108 cm³/mol. The SMILES string of the molecule is CC1CCC2C[N+](C3CCN(c4c(F)cccc4C(C)O)CC3)(C1)CC2C. The Morgan fingerprint density at radius 3 is 2.52 bits per heavy atom. The van der Waals surface area contributed by atoms with Crippen LogP contribution in [0.3, 0.4) is 0 Å². The topological polar surface area (TPSA) is 23.5 Å². The van der Waals surface area contributed by atoms with Crippen LogP contribution in [0, 0.1) is 23.6 Å². The number of fused-ring (bicyclic) bond motifs is 2. The number of anilines is 1. The summed E-state index contributed by atoms with van der Waals surface area (Å²) in [6, 6.07) is 5.81. The van der Waals surface area contributed by atoms with Crippen LogP contribution in [0.15, 0.2) is 18.2 Å². The number of aliphatic hydroxyl groups is 1. The maximum absolute atomic E-state index is 14.6. The lowest BCUT2D eigenvalue weighted by atomic mass is 9.89. The third-order valence-electron chi connectivity index (χ3n) is 7.78. The molecule has 0 spiro atoms. The fraction of sp³-hybridized carbons (Fsp3) is 0.739. The third-order valence-corrected chi connectivity index (χ3v) is 7.78. The molecule has 1 aromatic carbocycles. The normalized spacial score (nSPS) is 35.9. The Bertz CT molecular complexity index is 666. The van der Waals surface area contributed by atoms with Crippen LogP contribution < -0.4 is 4.90 Å². The summed E-state index contributed by atoms with van der Waals surface area (Å²) in [7, 11) is 0. The van der Waals surface area contributed by atoms with Crippen LogP contribution in [-0.4, -0.2) is 48.4 Å². The molecule has 2 bridgehead atoms. The summed E-state index contributed by atoms with van der Waals surface area (Å²) in [5.74, 6) is 2.39. The number of halogens is 1. The van der Waals surface area contributed by atoms with Crippen molar-refractivity contribution in [3.05, 3.63) is 29.6 Å². The van der Waals surface area contributed by atoms with Crippen molar-refractivity contribution in [2.75, 3.05) is 37.6 Å². The van der Waals surface area contributed by atoms with Crippen LogP contribution in [0.1, 0.15) is 58.1 Å². The number of nitrogens with zero attached hydrogens (tertiary/aromatic N) is 2. The largest absolute Gasteiger partial charge is 0.389 e. The number of hydrogen-bond donors (Lipinski definition) is 1. The van der Waals surface area contributed by atoms with Crippen LogP contribution >= 0.6 is 0 Å². The van der Waals surface area contributed by atoms with Crippen LogP contribution in [-0.2, 0) is 0 Å². The van der Waals surface area contributed by atoms with Crippen molar-refractivity contribution in [2.45, 2.75) is 58.6 Å². The van der Waals surface area contributed by atoms with Gasteiger partial charge in [0.05, 0.1) is 37.5 Å². The summed E-state index contributed by atoms with van der Waals surface area (Å²) in [6.45, 7) is 12.5. The van der Waals surface area contributed by atoms with Gasteiger partial charge in [-0.15, -0.1) is 0 Å². The van der Waals surface area contributed by atoms with Crippen molar-refractivity contribution < 1.29 is 14.0 Å². The van der Waals surface area contributed by atoms with Crippen molar-refractivity contribution in [1.82, 2.24) is 0 Å². The van der Waals surface area contributed by atoms with Crippen molar-refractivity contribution in [3.63, 3.8) is 0 Å². The van der Waals surface area contributed by atoms with Crippen LogP contribution in [0.4, 0.5) is 10.1 Å². The van der Waals surface area contributed by atoms with Gasteiger partial charge in [-0.05, 0) is 25.8 Å². The minimum atomic E-state index is -0.637. The molecule has 1 N–H and O–H groups in total. The molecular weight excluding hydrogens is 339 g/mol. The fourth-order valence-corrected chi connectivity index (χ4v) is 6.47. The van der Waals surface area contributed by atoms with E-state index in [-0.39, 0.29) is 5.82 Å². The van der Waals surface area contributed by atoms with Gasteiger partial charge >= 0.3 is 0 Å². The summed E-state index contributed by atoms with van der Waals surface area (Å²) in [5, 5.41) is 10.1. The summed E-state index contributed by atoms with van der Waals surface area (Å²) in [5.41, 5.74) is 1.35. The second-order valence-corrected chi connectivity index (χ2v) is 9.76. The number of quaternary nitrogens is 1. The first-order chi connectivity index (χ1) is 12.9. The van der Waals surface area contributed by atoms with Gasteiger partial charge < -0.3 is 14.5 Å². The molecule has 3 aliphatic heterocycles. The Morgan fingerprint density at radius 2 is 1.81 bits per heavy atom. The highest BCUT2D eigenvalue weighted by Crippen LogP contribution is 2.43. The van der Waals surface area contributed by atoms with E-state index < -0.39 is 6.10 Å². The van der Waals surface area contributed by atoms with E-state index in [4.69, 9.17) is 0 Å². The first-order valence-corrected chi connectivity index (χ1v) is 11.0. The van der Waals surface area contributed by atoms with Crippen LogP contribution in [0.25, 0.3) is 0 Å². The van der Waals surface area contributed by atoms with E-state index >= 15 is 0 Å². The number of hydrogen-bond acceptors (Lipinski definition) is 2. The van der Waals surface area contributed by atoms with Gasteiger partial charge in [0.1, 0.15) is 5.82 Å². The zero-order valence-corrected chi connectivity index (χ0v) is 17.2. The highest BCUT2D eigenvalue weighted by molar-refractivity contribution is 5.56. The molecule has 5 unspecified atom stereocenters. The van der Waals surface area contributed by atoms with Gasteiger partial charge in [-0.1, -0.05) is 26.0 Å². The van der Waals surface area contributed by atoms with Crippen molar-refractivity contribution >= 4 is 5.69 Å². The molecule has 0 aromatic heterocycles. The van der Waals surface area contributed by atoms with Gasteiger partial charge in [0.2, 0.25) is 0 Å². The Kier molecular flexibility index (Phi) is 5.24. The van der Waals surface area contributed by atoms with E-state index in [9.17, 15) is 9.50 Å². The zero-order chi connectivity index (χ0) is 19.2. The minimum Gasteiger partial charge on any atom is -0.389 e. The number of piperidine rings is 1. The molecule has 1 aromatic rings. The number of aliphatic hydroxyl groups excluding tert-OH is 1.